The summed E-state index contributed by atoms with van der Waals surface area (Å²) in [5.41, 5.74) is 1.68. The number of nitriles is 1. The normalized spacial score (nSPS) is 17.0. The zero-order chi connectivity index (χ0) is 17.7. The molecule has 1 amide bonds. The first-order valence-electron chi connectivity index (χ1n) is 8.67. The van der Waals surface area contributed by atoms with Crippen molar-refractivity contribution in [3.63, 3.8) is 0 Å². The van der Waals surface area contributed by atoms with Crippen LogP contribution in [-0.2, 0) is 4.79 Å². The molecule has 1 saturated carbocycles. The zero-order valence-corrected chi connectivity index (χ0v) is 15.2. The summed E-state index contributed by atoms with van der Waals surface area (Å²) in [5.74, 6) is -0.114. The number of nitrogens with zero attached hydrogens (tertiary/aromatic N) is 1. The van der Waals surface area contributed by atoms with Crippen LogP contribution in [0.3, 0.4) is 0 Å². The van der Waals surface area contributed by atoms with Crippen molar-refractivity contribution < 1.29 is 4.79 Å². The monoisotopic (exact) mass is 353 g/mol. The van der Waals surface area contributed by atoms with Gasteiger partial charge in [-0.1, -0.05) is 35.9 Å². The first kappa shape index (κ1) is 17.7. The molecule has 4 nitrogen and oxygen atoms in total. The van der Waals surface area contributed by atoms with E-state index in [9.17, 15) is 10.1 Å². The number of benzene rings is 1. The van der Waals surface area contributed by atoms with Crippen molar-refractivity contribution in [3.8, 4) is 6.07 Å². The average molecular weight is 353 g/mol. The molecule has 0 bridgehead atoms. The molecule has 0 saturated heterocycles. The fourth-order valence-electron chi connectivity index (χ4n) is 3.35. The van der Waals surface area contributed by atoms with Gasteiger partial charge in [0, 0.05) is 4.88 Å². The van der Waals surface area contributed by atoms with Crippen molar-refractivity contribution in [1.82, 2.24) is 10.6 Å². The summed E-state index contributed by atoms with van der Waals surface area (Å²) in [6.07, 6.45) is 3.51. The van der Waals surface area contributed by atoms with Crippen LogP contribution >= 0.6 is 11.3 Å². The van der Waals surface area contributed by atoms with Gasteiger partial charge in [-0.2, -0.15) is 5.26 Å². The summed E-state index contributed by atoms with van der Waals surface area (Å²) in [6.45, 7) is 2.26. The number of carbonyl (C=O) groups is 1. The summed E-state index contributed by atoms with van der Waals surface area (Å²) in [6, 6.07) is 14.7. The number of thiophene rings is 1. The van der Waals surface area contributed by atoms with Crippen LogP contribution in [0.5, 0.6) is 0 Å². The van der Waals surface area contributed by atoms with Gasteiger partial charge in [-0.3, -0.25) is 10.1 Å². The third-order valence-electron chi connectivity index (χ3n) is 4.75. The van der Waals surface area contributed by atoms with E-state index < -0.39 is 5.54 Å². The maximum atomic E-state index is 12.4. The molecule has 0 aliphatic heterocycles. The van der Waals surface area contributed by atoms with Crippen LogP contribution in [0.25, 0.3) is 0 Å². The van der Waals surface area contributed by atoms with Crippen molar-refractivity contribution in [2.75, 3.05) is 6.54 Å². The second kappa shape index (κ2) is 7.81. The van der Waals surface area contributed by atoms with Crippen molar-refractivity contribution in [2.45, 2.75) is 44.2 Å². The molecule has 1 aliphatic carbocycles. The van der Waals surface area contributed by atoms with Crippen LogP contribution in [0.15, 0.2) is 41.8 Å². The van der Waals surface area contributed by atoms with E-state index in [1.165, 1.54) is 10.4 Å². The predicted molar refractivity (Wildman–Crippen MR) is 100 cm³/mol. The van der Waals surface area contributed by atoms with Gasteiger partial charge in [0.15, 0.2) is 0 Å². The van der Waals surface area contributed by atoms with E-state index >= 15 is 0 Å². The zero-order valence-electron chi connectivity index (χ0n) is 14.4. The number of aryl methyl sites for hydroxylation is 1. The summed E-state index contributed by atoms with van der Waals surface area (Å²) in [7, 11) is 0. The van der Waals surface area contributed by atoms with Gasteiger partial charge in [-0.15, -0.1) is 11.3 Å². The minimum absolute atomic E-state index is 0.0204. The van der Waals surface area contributed by atoms with Crippen molar-refractivity contribution in [1.29, 1.82) is 5.26 Å². The first-order chi connectivity index (χ1) is 12.1. The first-order valence-corrected chi connectivity index (χ1v) is 9.55. The largest absolute Gasteiger partial charge is 0.337 e. The molecule has 0 spiro atoms. The second-order valence-corrected chi connectivity index (χ2v) is 7.67. The third kappa shape index (κ3) is 4.28. The highest BCUT2D eigenvalue weighted by molar-refractivity contribution is 7.10. The van der Waals surface area contributed by atoms with Gasteiger partial charge in [0.1, 0.15) is 5.54 Å². The highest BCUT2D eigenvalue weighted by atomic mass is 32.1. The molecule has 1 fully saturated rings. The van der Waals surface area contributed by atoms with Crippen LogP contribution in [0, 0.1) is 18.3 Å². The molecule has 2 aromatic rings. The number of carbonyl (C=O) groups excluding carboxylic acids is 1. The molecule has 25 heavy (non-hydrogen) atoms. The van der Waals surface area contributed by atoms with Gasteiger partial charge < -0.3 is 5.32 Å². The Hall–Kier alpha value is -2.16. The molecule has 1 aromatic carbocycles. The van der Waals surface area contributed by atoms with Gasteiger partial charge in [0.2, 0.25) is 5.91 Å². The number of rotatable bonds is 6. The fraction of sp³-hybridized carbons (Fsp3) is 0.400. The van der Waals surface area contributed by atoms with Gasteiger partial charge in [0.25, 0.3) is 0 Å². The molecule has 1 atom stereocenters. The Morgan fingerprint density at radius 1 is 1.28 bits per heavy atom. The molecule has 130 valence electrons. The van der Waals surface area contributed by atoms with Crippen LogP contribution in [0.2, 0.25) is 0 Å². The van der Waals surface area contributed by atoms with E-state index in [2.05, 4.69) is 54.0 Å². The summed E-state index contributed by atoms with van der Waals surface area (Å²) < 4.78 is 0. The van der Waals surface area contributed by atoms with Gasteiger partial charge in [-0.05, 0) is 49.6 Å². The van der Waals surface area contributed by atoms with Gasteiger partial charge in [0.05, 0.1) is 18.7 Å². The third-order valence-corrected chi connectivity index (χ3v) is 5.69. The quantitative estimate of drug-likeness (QED) is 0.832. The SMILES string of the molecule is Cc1ccc([C@@H](NCC(=O)NC2(C#N)CCCC2)c2cccs2)cc1. The Morgan fingerprint density at radius 3 is 2.60 bits per heavy atom. The lowest BCUT2D eigenvalue weighted by atomic mass is 10.00. The lowest BCUT2D eigenvalue weighted by molar-refractivity contribution is -0.121. The van der Waals surface area contributed by atoms with E-state index in [4.69, 9.17) is 0 Å². The lowest BCUT2D eigenvalue weighted by Gasteiger charge is -2.23. The minimum atomic E-state index is -0.666. The summed E-state index contributed by atoms with van der Waals surface area (Å²) >= 11 is 1.67. The maximum absolute atomic E-state index is 12.4. The van der Waals surface area contributed by atoms with Crippen LogP contribution < -0.4 is 10.6 Å². The number of amides is 1. The molecule has 2 N–H and O–H groups in total. The molecule has 1 aliphatic rings. The Bertz CT molecular complexity index is 740. The fourth-order valence-corrected chi connectivity index (χ4v) is 4.17. The second-order valence-electron chi connectivity index (χ2n) is 6.69. The smallest absolute Gasteiger partial charge is 0.235 e. The van der Waals surface area contributed by atoms with Crippen molar-refractivity contribution in [2.24, 2.45) is 0 Å². The highest BCUT2D eigenvalue weighted by Crippen LogP contribution is 2.29. The van der Waals surface area contributed by atoms with Crippen LogP contribution in [0.4, 0.5) is 0 Å². The Morgan fingerprint density at radius 2 is 2.00 bits per heavy atom. The molecule has 1 aromatic heterocycles. The highest BCUT2D eigenvalue weighted by Gasteiger charge is 2.35. The standard InChI is InChI=1S/C20H23N3OS/c1-15-6-8-16(9-7-15)19(17-5-4-12-25-17)22-13-18(24)23-20(14-21)10-2-3-11-20/h4-9,12,19,22H,2-3,10-11,13H2,1H3,(H,23,24)/t19-/m1/s1. The molecular weight excluding hydrogens is 330 g/mol. The van der Waals surface area contributed by atoms with E-state index in [0.29, 0.717) is 0 Å². The number of hydrogen-bond donors (Lipinski definition) is 2. The molecule has 1 heterocycles. The Labute approximate surface area is 152 Å². The molecule has 0 radical (unpaired) electrons. The summed E-state index contributed by atoms with van der Waals surface area (Å²) in [5, 5.41) is 17.8. The molecule has 0 unspecified atom stereocenters. The Kier molecular flexibility index (Phi) is 5.52. The van der Waals surface area contributed by atoms with E-state index in [-0.39, 0.29) is 18.5 Å². The number of hydrogen-bond acceptors (Lipinski definition) is 4. The van der Waals surface area contributed by atoms with Crippen molar-refractivity contribution in [3.05, 3.63) is 57.8 Å². The minimum Gasteiger partial charge on any atom is -0.337 e. The molecule has 5 heteroatoms. The predicted octanol–water partition coefficient (Wildman–Crippen LogP) is 3.69. The molecule has 3 rings (SSSR count). The average Bonchev–Trinajstić information content (AvgIpc) is 3.29. The maximum Gasteiger partial charge on any atom is 0.235 e. The topological polar surface area (TPSA) is 64.9 Å². The lowest BCUT2D eigenvalue weighted by Crippen LogP contribution is -2.48. The van der Waals surface area contributed by atoms with E-state index in [1.54, 1.807) is 11.3 Å². The van der Waals surface area contributed by atoms with Gasteiger partial charge in [-0.25, -0.2) is 0 Å². The van der Waals surface area contributed by atoms with Crippen LogP contribution in [0.1, 0.15) is 47.7 Å². The van der Waals surface area contributed by atoms with E-state index in [1.807, 2.05) is 11.4 Å². The number of nitrogens with one attached hydrogen (secondary N) is 2. The summed E-state index contributed by atoms with van der Waals surface area (Å²) in [4.78, 5) is 13.6. The van der Waals surface area contributed by atoms with Crippen LogP contribution in [-0.4, -0.2) is 18.0 Å². The molecular formula is C20H23N3OS. The van der Waals surface area contributed by atoms with Gasteiger partial charge >= 0.3 is 0 Å². The Balaban J connectivity index is 1.68. The van der Waals surface area contributed by atoms with E-state index in [0.717, 1.165) is 31.2 Å². The van der Waals surface area contributed by atoms with Crippen molar-refractivity contribution >= 4 is 17.2 Å².